The SMILES string of the molecule is Cc1cc(CN)nc(OC2CCCC(C)C2)n1. The van der Waals surface area contributed by atoms with Crippen LogP contribution in [0.2, 0.25) is 0 Å². The lowest BCUT2D eigenvalue weighted by Gasteiger charge is -2.26. The van der Waals surface area contributed by atoms with Gasteiger partial charge in [-0.1, -0.05) is 13.3 Å². The zero-order valence-electron chi connectivity index (χ0n) is 10.6. The molecule has 0 aliphatic heterocycles. The van der Waals surface area contributed by atoms with Crippen LogP contribution < -0.4 is 10.5 Å². The molecule has 0 aromatic carbocycles. The van der Waals surface area contributed by atoms with Crippen molar-refractivity contribution in [1.29, 1.82) is 0 Å². The molecule has 1 aliphatic rings. The van der Waals surface area contributed by atoms with Gasteiger partial charge in [0.15, 0.2) is 0 Å². The predicted molar refractivity (Wildman–Crippen MR) is 66.7 cm³/mol. The van der Waals surface area contributed by atoms with Crippen molar-refractivity contribution in [3.8, 4) is 6.01 Å². The van der Waals surface area contributed by atoms with E-state index in [1.165, 1.54) is 12.8 Å². The van der Waals surface area contributed by atoms with Gasteiger partial charge in [-0.25, -0.2) is 4.98 Å². The topological polar surface area (TPSA) is 61.0 Å². The summed E-state index contributed by atoms with van der Waals surface area (Å²) in [6.45, 7) is 4.65. The quantitative estimate of drug-likeness (QED) is 0.872. The molecule has 0 amide bonds. The van der Waals surface area contributed by atoms with Crippen molar-refractivity contribution in [3.63, 3.8) is 0 Å². The van der Waals surface area contributed by atoms with Gasteiger partial charge in [-0.05, 0) is 38.2 Å². The van der Waals surface area contributed by atoms with Crippen LogP contribution in [0.4, 0.5) is 0 Å². The molecular formula is C13H21N3O. The molecule has 2 unspecified atom stereocenters. The fourth-order valence-electron chi connectivity index (χ4n) is 2.40. The molecule has 0 spiro atoms. The average molecular weight is 235 g/mol. The summed E-state index contributed by atoms with van der Waals surface area (Å²) in [6.07, 6.45) is 5.03. The van der Waals surface area contributed by atoms with E-state index in [2.05, 4.69) is 16.9 Å². The highest BCUT2D eigenvalue weighted by molar-refractivity contribution is 5.12. The second kappa shape index (κ2) is 5.45. The first kappa shape index (κ1) is 12.3. The summed E-state index contributed by atoms with van der Waals surface area (Å²) in [6, 6.07) is 2.39. The van der Waals surface area contributed by atoms with E-state index in [0.717, 1.165) is 30.1 Å². The largest absolute Gasteiger partial charge is 0.460 e. The zero-order chi connectivity index (χ0) is 12.3. The molecule has 4 nitrogen and oxygen atoms in total. The number of nitrogens with zero attached hydrogens (tertiary/aromatic N) is 2. The Morgan fingerprint density at radius 1 is 1.41 bits per heavy atom. The van der Waals surface area contributed by atoms with Crippen molar-refractivity contribution >= 4 is 0 Å². The number of aryl methyl sites for hydroxylation is 1. The van der Waals surface area contributed by atoms with E-state index in [-0.39, 0.29) is 6.10 Å². The van der Waals surface area contributed by atoms with E-state index in [9.17, 15) is 0 Å². The highest BCUT2D eigenvalue weighted by atomic mass is 16.5. The molecule has 1 saturated carbocycles. The van der Waals surface area contributed by atoms with Crippen LogP contribution in [-0.4, -0.2) is 16.1 Å². The lowest BCUT2D eigenvalue weighted by atomic mass is 9.89. The minimum Gasteiger partial charge on any atom is -0.460 e. The number of aromatic nitrogens is 2. The molecule has 2 N–H and O–H groups in total. The lowest BCUT2D eigenvalue weighted by Crippen LogP contribution is -2.25. The van der Waals surface area contributed by atoms with E-state index >= 15 is 0 Å². The Morgan fingerprint density at radius 2 is 2.24 bits per heavy atom. The Bertz CT molecular complexity index is 381. The maximum atomic E-state index is 5.87. The summed E-state index contributed by atoms with van der Waals surface area (Å²) in [5.74, 6) is 0.743. The van der Waals surface area contributed by atoms with Crippen molar-refractivity contribution < 1.29 is 4.74 Å². The Balaban J connectivity index is 2.04. The van der Waals surface area contributed by atoms with Gasteiger partial charge >= 0.3 is 6.01 Å². The van der Waals surface area contributed by atoms with Crippen molar-refractivity contribution in [3.05, 3.63) is 17.5 Å². The van der Waals surface area contributed by atoms with Gasteiger partial charge < -0.3 is 10.5 Å². The van der Waals surface area contributed by atoms with Crippen LogP contribution in [0.5, 0.6) is 6.01 Å². The Hall–Kier alpha value is -1.16. The summed E-state index contributed by atoms with van der Waals surface area (Å²) in [7, 11) is 0. The molecule has 1 aromatic heterocycles. The standard InChI is InChI=1S/C13H21N3O/c1-9-4-3-5-12(6-9)17-13-15-10(2)7-11(8-14)16-13/h7,9,12H,3-6,8,14H2,1-2H3. The van der Waals surface area contributed by atoms with Gasteiger partial charge in [0.1, 0.15) is 6.10 Å². The monoisotopic (exact) mass is 235 g/mol. The first-order valence-corrected chi connectivity index (χ1v) is 6.38. The van der Waals surface area contributed by atoms with Crippen molar-refractivity contribution in [2.24, 2.45) is 11.7 Å². The van der Waals surface area contributed by atoms with E-state index in [0.29, 0.717) is 12.6 Å². The molecule has 1 heterocycles. The smallest absolute Gasteiger partial charge is 0.317 e. The van der Waals surface area contributed by atoms with Gasteiger partial charge in [-0.15, -0.1) is 0 Å². The predicted octanol–water partition coefficient (Wildman–Crippen LogP) is 2.20. The second-order valence-electron chi connectivity index (χ2n) is 5.00. The summed E-state index contributed by atoms with van der Waals surface area (Å²) < 4.78 is 5.87. The van der Waals surface area contributed by atoms with E-state index in [4.69, 9.17) is 10.5 Å². The van der Waals surface area contributed by atoms with Gasteiger partial charge in [-0.3, -0.25) is 0 Å². The van der Waals surface area contributed by atoms with Crippen molar-refractivity contribution in [1.82, 2.24) is 9.97 Å². The molecule has 1 aromatic rings. The molecule has 0 saturated heterocycles. The minimum absolute atomic E-state index is 0.270. The third-order valence-electron chi connectivity index (χ3n) is 3.26. The van der Waals surface area contributed by atoms with Crippen LogP contribution in [0, 0.1) is 12.8 Å². The van der Waals surface area contributed by atoms with E-state index in [1.807, 2.05) is 13.0 Å². The molecule has 2 atom stereocenters. The van der Waals surface area contributed by atoms with Gasteiger partial charge in [0.25, 0.3) is 0 Å². The maximum Gasteiger partial charge on any atom is 0.317 e. The third kappa shape index (κ3) is 3.40. The molecule has 1 aliphatic carbocycles. The van der Waals surface area contributed by atoms with Crippen molar-refractivity contribution in [2.45, 2.75) is 52.2 Å². The highest BCUT2D eigenvalue weighted by Gasteiger charge is 2.21. The Labute approximate surface area is 103 Å². The molecule has 94 valence electrons. The van der Waals surface area contributed by atoms with Gasteiger partial charge in [0, 0.05) is 12.2 Å². The summed E-state index contributed by atoms with van der Waals surface area (Å²) in [5.41, 5.74) is 7.36. The number of hydrogen-bond acceptors (Lipinski definition) is 4. The third-order valence-corrected chi connectivity index (χ3v) is 3.26. The van der Waals surface area contributed by atoms with Gasteiger partial charge in [-0.2, -0.15) is 4.98 Å². The average Bonchev–Trinajstić information content (AvgIpc) is 2.28. The molecule has 0 bridgehead atoms. The van der Waals surface area contributed by atoms with E-state index in [1.54, 1.807) is 0 Å². The van der Waals surface area contributed by atoms with E-state index < -0.39 is 0 Å². The Kier molecular flexibility index (Phi) is 3.94. The van der Waals surface area contributed by atoms with Gasteiger partial charge in [0.2, 0.25) is 0 Å². The summed E-state index contributed by atoms with van der Waals surface area (Å²) >= 11 is 0. The number of nitrogens with two attached hydrogens (primary N) is 1. The van der Waals surface area contributed by atoms with Gasteiger partial charge in [0.05, 0.1) is 5.69 Å². The second-order valence-corrected chi connectivity index (χ2v) is 5.00. The Morgan fingerprint density at radius 3 is 2.94 bits per heavy atom. The normalized spacial score (nSPS) is 24.6. The number of hydrogen-bond donors (Lipinski definition) is 1. The van der Waals surface area contributed by atoms with Crippen LogP contribution in [-0.2, 0) is 6.54 Å². The molecule has 4 heteroatoms. The maximum absolute atomic E-state index is 5.87. The van der Waals surface area contributed by atoms with Crippen LogP contribution in [0.1, 0.15) is 44.0 Å². The molecule has 1 fully saturated rings. The number of rotatable bonds is 3. The minimum atomic E-state index is 0.270. The first-order chi connectivity index (χ1) is 8.17. The first-order valence-electron chi connectivity index (χ1n) is 6.38. The molecule has 0 radical (unpaired) electrons. The fraction of sp³-hybridized carbons (Fsp3) is 0.692. The summed E-state index contributed by atoms with van der Waals surface area (Å²) in [5, 5.41) is 0. The molecular weight excluding hydrogens is 214 g/mol. The zero-order valence-corrected chi connectivity index (χ0v) is 10.6. The van der Waals surface area contributed by atoms with Crippen LogP contribution in [0.3, 0.4) is 0 Å². The lowest BCUT2D eigenvalue weighted by molar-refractivity contribution is 0.117. The van der Waals surface area contributed by atoms with Crippen LogP contribution in [0.25, 0.3) is 0 Å². The highest BCUT2D eigenvalue weighted by Crippen LogP contribution is 2.26. The van der Waals surface area contributed by atoms with Crippen LogP contribution >= 0.6 is 0 Å². The fourth-order valence-corrected chi connectivity index (χ4v) is 2.40. The molecule has 17 heavy (non-hydrogen) atoms. The summed E-state index contributed by atoms with van der Waals surface area (Å²) in [4.78, 5) is 8.62. The van der Waals surface area contributed by atoms with Crippen molar-refractivity contribution in [2.75, 3.05) is 0 Å². The molecule has 2 rings (SSSR count). The number of ether oxygens (including phenoxy) is 1. The van der Waals surface area contributed by atoms with Crippen LogP contribution in [0.15, 0.2) is 6.07 Å².